The lowest BCUT2D eigenvalue weighted by Crippen LogP contribution is -2.40. The van der Waals surface area contributed by atoms with Crippen molar-refractivity contribution >= 4 is 16.0 Å². The number of hydrogen-bond donors (Lipinski definition) is 1. The third-order valence-corrected chi connectivity index (χ3v) is 5.85. The summed E-state index contributed by atoms with van der Waals surface area (Å²) in [5.74, 6) is -0.159. The number of sulfonamides is 1. The van der Waals surface area contributed by atoms with Crippen LogP contribution in [0, 0.1) is 5.92 Å². The highest BCUT2D eigenvalue weighted by molar-refractivity contribution is 7.89. The summed E-state index contributed by atoms with van der Waals surface area (Å²) in [4.78, 5) is 11.6. The third-order valence-electron chi connectivity index (χ3n) is 3.97. The molecule has 2 rings (SSSR count). The van der Waals surface area contributed by atoms with E-state index in [1.807, 2.05) is 0 Å². The molecular weight excluding hydrogens is 304 g/mol. The Morgan fingerprint density at radius 3 is 2.64 bits per heavy atom. The van der Waals surface area contributed by atoms with Crippen molar-refractivity contribution in [3.63, 3.8) is 0 Å². The number of methoxy groups -OCH3 is 1. The maximum atomic E-state index is 12.7. The van der Waals surface area contributed by atoms with Gasteiger partial charge < -0.3 is 10.5 Å². The second-order valence-corrected chi connectivity index (χ2v) is 7.40. The molecule has 7 heteroatoms. The fraction of sp³-hybridized carbons (Fsp3) is 0.533. The van der Waals surface area contributed by atoms with Crippen molar-refractivity contribution in [1.29, 1.82) is 0 Å². The van der Waals surface area contributed by atoms with Gasteiger partial charge in [0.2, 0.25) is 10.0 Å². The lowest BCUT2D eigenvalue weighted by molar-refractivity contribution is 0.0600. The minimum atomic E-state index is -3.52. The van der Waals surface area contributed by atoms with E-state index in [0.717, 1.165) is 19.3 Å². The van der Waals surface area contributed by atoms with Crippen molar-refractivity contribution in [2.24, 2.45) is 11.7 Å². The molecule has 0 radical (unpaired) electrons. The molecule has 1 atom stereocenters. The van der Waals surface area contributed by atoms with Gasteiger partial charge in [0.05, 0.1) is 17.6 Å². The van der Waals surface area contributed by atoms with Crippen LogP contribution in [0.4, 0.5) is 0 Å². The quantitative estimate of drug-likeness (QED) is 0.822. The fourth-order valence-electron chi connectivity index (χ4n) is 2.75. The highest BCUT2D eigenvalue weighted by atomic mass is 32.2. The molecule has 1 heterocycles. The van der Waals surface area contributed by atoms with Crippen LogP contribution in [0.5, 0.6) is 0 Å². The first kappa shape index (κ1) is 16.9. The Kier molecular flexibility index (Phi) is 5.55. The molecule has 1 fully saturated rings. The van der Waals surface area contributed by atoms with E-state index in [4.69, 9.17) is 5.73 Å². The number of esters is 1. The SMILES string of the molecule is COC(=O)c1ccc(S(=O)(=O)N2CCCC(CCN)C2)cc1. The minimum Gasteiger partial charge on any atom is -0.465 e. The maximum absolute atomic E-state index is 12.7. The Labute approximate surface area is 131 Å². The predicted molar refractivity (Wildman–Crippen MR) is 82.9 cm³/mol. The number of benzene rings is 1. The Morgan fingerprint density at radius 1 is 1.36 bits per heavy atom. The second-order valence-electron chi connectivity index (χ2n) is 5.46. The van der Waals surface area contributed by atoms with Crippen molar-refractivity contribution in [2.75, 3.05) is 26.7 Å². The molecule has 22 heavy (non-hydrogen) atoms. The number of carbonyl (C=O) groups excluding carboxylic acids is 1. The molecule has 1 aliphatic heterocycles. The second kappa shape index (κ2) is 7.21. The van der Waals surface area contributed by atoms with Crippen molar-refractivity contribution in [3.05, 3.63) is 29.8 Å². The smallest absolute Gasteiger partial charge is 0.337 e. The van der Waals surface area contributed by atoms with Crippen molar-refractivity contribution < 1.29 is 17.9 Å². The van der Waals surface area contributed by atoms with Gasteiger partial charge >= 0.3 is 5.97 Å². The van der Waals surface area contributed by atoms with Crippen LogP contribution in [0.15, 0.2) is 29.2 Å². The summed E-state index contributed by atoms with van der Waals surface area (Å²) in [6.45, 7) is 1.62. The van der Waals surface area contributed by atoms with E-state index in [2.05, 4.69) is 4.74 Å². The van der Waals surface area contributed by atoms with Gasteiger partial charge in [-0.25, -0.2) is 13.2 Å². The molecule has 0 saturated carbocycles. The highest BCUT2D eigenvalue weighted by Crippen LogP contribution is 2.25. The summed E-state index contributed by atoms with van der Waals surface area (Å²) in [6.07, 6.45) is 2.71. The number of nitrogens with two attached hydrogens (primary N) is 1. The van der Waals surface area contributed by atoms with E-state index in [1.165, 1.54) is 35.7 Å². The average Bonchev–Trinajstić information content (AvgIpc) is 2.55. The molecule has 122 valence electrons. The van der Waals surface area contributed by atoms with Gasteiger partial charge in [0.25, 0.3) is 0 Å². The van der Waals surface area contributed by atoms with Crippen LogP contribution in [-0.2, 0) is 14.8 Å². The molecule has 0 aromatic heterocycles. The summed E-state index contributed by atoms with van der Waals surface area (Å²) >= 11 is 0. The Balaban J connectivity index is 2.17. The van der Waals surface area contributed by atoms with Gasteiger partial charge in [-0.3, -0.25) is 0 Å². The molecule has 0 spiro atoms. The number of rotatable bonds is 5. The van der Waals surface area contributed by atoms with E-state index >= 15 is 0 Å². The standard InChI is InChI=1S/C15H22N2O4S/c1-21-15(18)13-4-6-14(7-5-13)22(19,20)17-10-2-3-12(11-17)8-9-16/h4-7,12H,2-3,8-11,16H2,1H3. The maximum Gasteiger partial charge on any atom is 0.337 e. The van der Waals surface area contributed by atoms with Gasteiger partial charge in [-0.15, -0.1) is 0 Å². The first-order valence-electron chi connectivity index (χ1n) is 7.37. The summed E-state index contributed by atoms with van der Waals surface area (Å²) in [7, 11) is -2.23. The summed E-state index contributed by atoms with van der Waals surface area (Å²) in [5.41, 5.74) is 5.91. The fourth-order valence-corrected chi connectivity index (χ4v) is 4.30. The molecule has 1 aromatic carbocycles. The lowest BCUT2D eigenvalue weighted by atomic mass is 9.96. The highest BCUT2D eigenvalue weighted by Gasteiger charge is 2.29. The number of carbonyl (C=O) groups is 1. The zero-order valence-corrected chi connectivity index (χ0v) is 13.5. The topological polar surface area (TPSA) is 89.7 Å². The normalized spacial score (nSPS) is 19.8. The number of ether oxygens (including phenoxy) is 1. The van der Waals surface area contributed by atoms with Crippen LogP contribution >= 0.6 is 0 Å². The van der Waals surface area contributed by atoms with Crippen molar-refractivity contribution in [3.8, 4) is 0 Å². The number of piperidine rings is 1. The van der Waals surface area contributed by atoms with Gasteiger partial charge in [-0.05, 0) is 56.0 Å². The van der Waals surface area contributed by atoms with Crippen LogP contribution in [0.1, 0.15) is 29.6 Å². The van der Waals surface area contributed by atoms with Crippen LogP contribution in [0.2, 0.25) is 0 Å². The van der Waals surface area contributed by atoms with Gasteiger partial charge in [0.15, 0.2) is 0 Å². The molecule has 0 aliphatic carbocycles. The Morgan fingerprint density at radius 2 is 2.05 bits per heavy atom. The monoisotopic (exact) mass is 326 g/mol. The minimum absolute atomic E-state index is 0.202. The zero-order chi connectivity index (χ0) is 16.2. The van der Waals surface area contributed by atoms with Crippen LogP contribution in [0.25, 0.3) is 0 Å². The molecule has 1 unspecified atom stereocenters. The average molecular weight is 326 g/mol. The third kappa shape index (κ3) is 3.66. The van der Waals surface area contributed by atoms with Crippen LogP contribution < -0.4 is 5.73 Å². The largest absolute Gasteiger partial charge is 0.465 e. The van der Waals surface area contributed by atoms with Gasteiger partial charge in [-0.1, -0.05) is 0 Å². The summed E-state index contributed by atoms with van der Waals surface area (Å²) in [5, 5.41) is 0. The van der Waals surface area contributed by atoms with Gasteiger partial charge in [0, 0.05) is 13.1 Å². The summed E-state index contributed by atoms with van der Waals surface area (Å²) < 4.78 is 31.5. The molecule has 1 aliphatic rings. The molecular formula is C15H22N2O4S. The molecule has 1 saturated heterocycles. The summed E-state index contributed by atoms with van der Waals surface area (Å²) in [6, 6.07) is 5.85. The van der Waals surface area contributed by atoms with Crippen LogP contribution in [0.3, 0.4) is 0 Å². The number of nitrogens with zero attached hydrogens (tertiary/aromatic N) is 1. The van der Waals surface area contributed by atoms with E-state index < -0.39 is 16.0 Å². The lowest BCUT2D eigenvalue weighted by Gasteiger charge is -2.31. The Hall–Kier alpha value is -1.44. The zero-order valence-electron chi connectivity index (χ0n) is 12.7. The van der Waals surface area contributed by atoms with Crippen molar-refractivity contribution in [2.45, 2.75) is 24.2 Å². The van der Waals surface area contributed by atoms with Crippen molar-refractivity contribution in [1.82, 2.24) is 4.31 Å². The number of hydrogen-bond acceptors (Lipinski definition) is 5. The van der Waals surface area contributed by atoms with E-state index in [1.54, 1.807) is 0 Å². The molecule has 0 amide bonds. The van der Waals surface area contributed by atoms with Gasteiger partial charge in [0.1, 0.15) is 0 Å². The van der Waals surface area contributed by atoms with E-state index in [0.29, 0.717) is 31.1 Å². The van der Waals surface area contributed by atoms with Crippen LogP contribution in [-0.4, -0.2) is 45.4 Å². The molecule has 1 aromatic rings. The van der Waals surface area contributed by atoms with E-state index in [-0.39, 0.29) is 4.90 Å². The first-order valence-corrected chi connectivity index (χ1v) is 8.81. The van der Waals surface area contributed by atoms with E-state index in [9.17, 15) is 13.2 Å². The molecule has 0 bridgehead atoms. The molecule has 2 N–H and O–H groups in total. The van der Waals surface area contributed by atoms with Gasteiger partial charge in [-0.2, -0.15) is 4.31 Å². The molecule has 6 nitrogen and oxygen atoms in total. The Bertz CT molecular complexity index is 611. The first-order chi connectivity index (χ1) is 10.5. The predicted octanol–water partition coefficient (Wildman–Crippen LogP) is 1.22.